The Morgan fingerprint density at radius 2 is 2.00 bits per heavy atom. The molecule has 0 unspecified atom stereocenters. The third-order valence-corrected chi connectivity index (χ3v) is 7.43. The maximum absolute atomic E-state index is 5.99. The van der Waals surface area contributed by atoms with E-state index in [1.165, 1.54) is 5.57 Å². The number of benzene rings is 1. The summed E-state index contributed by atoms with van der Waals surface area (Å²) in [4.78, 5) is 6.86. The Labute approximate surface area is 217 Å². The lowest BCUT2D eigenvalue weighted by atomic mass is 10.1. The van der Waals surface area contributed by atoms with Gasteiger partial charge in [0, 0.05) is 27.6 Å². The third kappa shape index (κ3) is 7.19. The van der Waals surface area contributed by atoms with Gasteiger partial charge in [-0.15, -0.1) is 0 Å². The van der Waals surface area contributed by atoms with Crippen molar-refractivity contribution in [1.82, 2.24) is 20.5 Å². The molecular weight excluding hydrogens is 502 g/mol. The van der Waals surface area contributed by atoms with Crippen LogP contribution in [0.1, 0.15) is 31.2 Å². The fourth-order valence-electron chi connectivity index (χ4n) is 4.38. The number of rotatable bonds is 9. The van der Waals surface area contributed by atoms with Crippen LogP contribution in [0.3, 0.4) is 0 Å². The lowest BCUT2D eigenvalue weighted by Gasteiger charge is -2.30. The molecule has 0 saturated carbocycles. The van der Waals surface area contributed by atoms with Crippen LogP contribution in [0.15, 0.2) is 58.7 Å². The Morgan fingerprint density at radius 3 is 2.71 bits per heavy atom. The average molecular weight is 539 g/mol. The van der Waals surface area contributed by atoms with Crippen molar-refractivity contribution in [3.05, 3.63) is 74.9 Å². The molecular formula is C28H36BrN5O. The first kappa shape index (κ1) is 25.5. The molecule has 186 valence electrons. The Bertz CT molecular complexity index is 1170. The molecule has 1 aliphatic heterocycles. The minimum atomic E-state index is 0.520. The Hall–Kier alpha value is -2.61. The van der Waals surface area contributed by atoms with Crippen LogP contribution in [0.5, 0.6) is 5.75 Å². The van der Waals surface area contributed by atoms with E-state index in [2.05, 4.69) is 80.5 Å². The minimum absolute atomic E-state index is 0.520. The molecule has 0 atom stereocenters. The highest BCUT2D eigenvalue weighted by Crippen LogP contribution is 2.19. The molecule has 2 aliphatic rings. The number of hydrogen-bond acceptors (Lipinski definition) is 6. The predicted octanol–water partition coefficient (Wildman–Crippen LogP) is 3.63. The van der Waals surface area contributed by atoms with Gasteiger partial charge in [-0.3, -0.25) is 10.3 Å². The summed E-state index contributed by atoms with van der Waals surface area (Å²) < 4.78 is 6.95. The van der Waals surface area contributed by atoms with E-state index >= 15 is 0 Å². The van der Waals surface area contributed by atoms with Crippen molar-refractivity contribution < 1.29 is 4.74 Å². The molecule has 0 amide bonds. The molecule has 1 aliphatic carbocycles. The summed E-state index contributed by atoms with van der Waals surface area (Å²) in [5.74, 6) is 1.75. The van der Waals surface area contributed by atoms with Crippen LogP contribution in [0, 0.1) is 6.92 Å². The van der Waals surface area contributed by atoms with Crippen LogP contribution in [0.4, 0.5) is 5.69 Å². The van der Waals surface area contributed by atoms with Crippen LogP contribution >= 0.6 is 15.9 Å². The zero-order chi connectivity index (χ0) is 24.6. The topological polar surface area (TPSA) is 61.5 Å². The van der Waals surface area contributed by atoms with Crippen LogP contribution in [-0.4, -0.2) is 49.3 Å². The van der Waals surface area contributed by atoms with E-state index in [9.17, 15) is 0 Å². The van der Waals surface area contributed by atoms with Gasteiger partial charge in [0.15, 0.2) is 0 Å². The van der Waals surface area contributed by atoms with Crippen molar-refractivity contribution in [2.45, 2.75) is 38.6 Å². The number of anilines is 1. The average Bonchev–Trinajstić information content (AvgIpc) is 2.88. The van der Waals surface area contributed by atoms with Gasteiger partial charge in [0.1, 0.15) is 18.2 Å². The van der Waals surface area contributed by atoms with E-state index in [4.69, 9.17) is 4.74 Å². The largest absolute Gasteiger partial charge is 0.489 e. The number of halogens is 1. The van der Waals surface area contributed by atoms with Crippen molar-refractivity contribution in [3.63, 3.8) is 0 Å². The number of aromatic nitrogens is 1. The van der Waals surface area contributed by atoms with Gasteiger partial charge < -0.3 is 20.3 Å². The molecule has 4 rings (SSSR count). The first-order valence-corrected chi connectivity index (χ1v) is 13.1. The second-order valence-electron chi connectivity index (χ2n) is 9.29. The van der Waals surface area contributed by atoms with Crippen molar-refractivity contribution in [3.8, 4) is 5.75 Å². The minimum Gasteiger partial charge on any atom is -0.489 e. The van der Waals surface area contributed by atoms with Crippen LogP contribution < -0.4 is 31.3 Å². The summed E-state index contributed by atoms with van der Waals surface area (Å²) in [7, 11) is 2.18. The monoisotopic (exact) mass is 537 g/mol. The maximum Gasteiger partial charge on any atom is 0.119 e. The maximum atomic E-state index is 5.99. The smallest absolute Gasteiger partial charge is 0.119 e. The van der Waals surface area contributed by atoms with Gasteiger partial charge in [-0.05, 0) is 104 Å². The highest BCUT2D eigenvalue weighted by Gasteiger charge is 2.16. The number of nitrogens with zero attached hydrogens (tertiary/aromatic N) is 2. The molecule has 1 aromatic carbocycles. The van der Waals surface area contributed by atoms with Gasteiger partial charge in [0.2, 0.25) is 0 Å². The molecule has 6 nitrogen and oxygen atoms in total. The van der Waals surface area contributed by atoms with E-state index in [1.807, 2.05) is 24.3 Å². The van der Waals surface area contributed by atoms with Gasteiger partial charge in [-0.2, -0.15) is 0 Å². The number of hydrogen-bond donors (Lipinski definition) is 3. The summed E-state index contributed by atoms with van der Waals surface area (Å²) >= 11 is 3.63. The summed E-state index contributed by atoms with van der Waals surface area (Å²) in [6.45, 7) is 9.82. The first-order valence-electron chi connectivity index (χ1n) is 12.3. The summed E-state index contributed by atoms with van der Waals surface area (Å²) in [5.41, 5.74) is 3.39. The number of pyridine rings is 1. The van der Waals surface area contributed by atoms with Gasteiger partial charge in [-0.1, -0.05) is 24.8 Å². The molecule has 0 spiro atoms. The molecule has 1 aromatic heterocycles. The van der Waals surface area contributed by atoms with E-state index in [0.29, 0.717) is 19.3 Å². The zero-order valence-electron chi connectivity index (χ0n) is 20.7. The molecule has 1 fully saturated rings. The molecule has 2 aromatic rings. The standard InChI is InChI=1S/C28H36BrN5O/c1-20-26(29)17-30-21(2)27(20)28(32-19-31-23-13-15-34(3)16-14-23)33-24-9-11-25(12-10-24)35-18-22-7-5-4-6-8-22/h4-5,7,9-12,17,23,31-33H,2,6,8,13-16,18-19H2,1,3H3/b28-27-. The molecule has 0 bridgehead atoms. The number of allylic oxidation sites excluding steroid dienone is 3. The molecule has 0 radical (unpaired) electrons. The summed E-state index contributed by atoms with van der Waals surface area (Å²) in [6, 6.07) is 8.62. The number of nitrogens with one attached hydrogen (secondary N) is 3. The summed E-state index contributed by atoms with van der Waals surface area (Å²) in [6.07, 6.45) is 12.7. The lowest BCUT2D eigenvalue weighted by Crippen LogP contribution is -2.46. The Morgan fingerprint density at radius 1 is 1.23 bits per heavy atom. The molecule has 1 saturated heterocycles. The molecule has 2 heterocycles. The first-order chi connectivity index (χ1) is 17.0. The van der Waals surface area contributed by atoms with Gasteiger partial charge in [0.25, 0.3) is 0 Å². The third-order valence-electron chi connectivity index (χ3n) is 6.63. The number of ether oxygens (including phenoxy) is 1. The fraction of sp³-hybridized carbons (Fsp3) is 0.393. The number of likely N-dealkylation sites (tertiary alicyclic amines) is 1. The zero-order valence-corrected chi connectivity index (χ0v) is 22.3. The van der Waals surface area contributed by atoms with Crippen LogP contribution in [0.2, 0.25) is 0 Å². The summed E-state index contributed by atoms with van der Waals surface area (Å²) in [5, 5.41) is 12.5. The Kier molecular flexibility index (Phi) is 9.01. The van der Waals surface area contributed by atoms with Crippen molar-refractivity contribution >= 4 is 34.0 Å². The van der Waals surface area contributed by atoms with E-state index < -0.39 is 0 Å². The molecule has 35 heavy (non-hydrogen) atoms. The van der Waals surface area contributed by atoms with Crippen LogP contribution in [0.25, 0.3) is 12.4 Å². The quantitative estimate of drug-likeness (QED) is 0.424. The second-order valence-corrected chi connectivity index (χ2v) is 10.1. The van der Waals surface area contributed by atoms with E-state index in [1.54, 1.807) is 6.20 Å². The van der Waals surface area contributed by atoms with Gasteiger partial charge in [-0.25, -0.2) is 0 Å². The SMILES string of the molecule is C=c1ncc(Br)c(C)/c1=C(\NCNC1CCN(C)CC1)Nc1ccc(OCC2=CC=CCC2)cc1. The fourth-order valence-corrected chi connectivity index (χ4v) is 4.68. The van der Waals surface area contributed by atoms with Gasteiger partial charge >= 0.3 is 0 Å². The van der Waals surface area contributed by atoms with E-state index in [0.717, 1.165) is 76.6 Å². The lowest BCUT2D eigenvalue weighted by molar-refractivity contribution is 0.234. The second kappa shape index (κ2) is 12.4. The highest BCUT2D eigenvalue weighted by molar-refractivity contribution is 9.10. The number of piperidine rings is 1. The molecule has 7 heteroatoms. The van der Waals surface area contributed by atoms with Crippen molar-refractivity contribution in [1.29, 1.82) is 0 Å². The Balaban J connectivity index is 1.47. The van der Waals surface area contributed by atoms with Crippen molar-refractivity contribution in [2.24, 2.45) is 0 Å². The van der Waals surface area contributed by atoms with Crippen molar-refractivity contribution in [2.75, 3.05) is 38.7 Å². The predicted molar refractivity (Wildman–Crippen MR) is 149 cm³/mol. The van der Waals surface area contributed by atoms with E-state index in [-0.39, 0.29) is 0 Å². The highest BCUT2D eigenvalue weighted by atomic mass is 79.9. The normalized spacial score (nSPS) is 17.6. The van der Waals surface area contributed by atoms with Crippen LogP contribution in [-0.2, 0) is 0 Å². The molecule has 3 N–H and O–H groups in total. The van der Waals surface area contributed by atoms with Gasteiger partial charge in [0.05, 0.1) is 12.0 Å².